The average Bonchev–Trinajstić information content (AvgIpc) is 3.24. The van der Waals surface area contributed by atoms with Crippen LogP contribution in [0.1, 0.15) is 36.0 Å². The van der Waals surface area contributed by atoms with Crippen molar-refractivity contribution < 1.29 is 14.3 Å². The van der Waals surface area contributed by atoms with Gasteiger partial charge in [0, 0.05) is 41.0 Å². The molecule has 2 aromatic heterocycles. The molecular formula is C21H23ClN6O3. The van der Waals surface area contributed by atoms with E-state index >= 15 is 0 Å². The van der Waals surface area contributed by atoms with E-state index in [9.17, 15) is 9.90 Å². The number of fused-ring (bicyclic) bond motifs is 1. The van der Waals surface area contributed by atoms with Gasteiger partial charge in [0.25, 0.3) is 5.89 Å². The molecule has 162 valence electrons. The quantitative estimate of drug-likeness (QED) is 0.471. The van der Waals surface area contributed by atoms with Gasteiger partial charge in [0.15, 0.2) is 0 Å². The van der Waals surface area contributed by atoms with Crippen molar-refractivity contribution in [3.05, 3.63) is 46.8 Å². The summed E-state index contributed by atoms with van der Waals surface area (Å²) in [5, 5.41) is 22.2. The highest BCUT2D eigenvalue weighted by atomic mass is 35.5. The van der Waals surface area contributed by atoms with Crippen molar-refractivity contribution in [3.63, 3.8) is 0 Å². The molecule has 0 aliphatic carbocycles. The van der Waals surface area contributed by atoms with Crippen LogP contribution in [0.2, 0.25) is 5.02 Å². The van der Waals surface area contributed by atoms with Gasteiger partial charge in [-0.2, -0.15) is 0 Å². The number of hydrogen-bond donors (Lipinski definition) is 3. The van der Waals surface area contributed by atoms with E-state index in [0.29, 0.717) is 17.1 Å². The SMILES string of the molecule is CCN(CC)CC(O)CNC(=O)c1nnc(C#Cc2c(N)ncc3ccc(Cl)cc23)o1. The summed E-state index contributed by atoms with van der Waals surface area (Å²) in [5.74, 6) is 4.93. The van der Waals surface area contributed by atoms with Gasteiger partial charge in [0.05, 0.1) is 11.7 Å². The summed E-state index contributed by atoms with van der Waals surface area (Å²) in [6.45, 7) is 6.17. The third kappa shape index (κ3) is 5.70. The highest BCUT2D eigenvalue weighted by molar-refractivity contribution is 6.31. The van der Waals surface area contributed by atoms with E-state index in [1.165, 1.54) is 0 Å². The second-order valence-electron chi connectivity index (χ2n) is 6.76. The Morgan fingerprint density at radius 2 is 2.10 bits per heavy atom. The number of likely N-dealkylation sites (N-methyl/N-ethyl adjacent to an activating group) is 1. The van der Waals surface area contributed by atoms with Crippen LogP contribution in [-0.4, -0.2) is 63.4 Å². The first-order valence-electron chi connectivity index (χ1n) is 9.79. The second kappa shape index (κ2) is 10.2. The number of carbonyl (C=O) groups is 1. The minimum Gasteiger partial charge on any atom is -0.406 e. The summed E-state index contributed by atoms with van der Waals surface area (Å²) in [7, 11) is 0. The van der Waals surface area contributed by atoms with Crippen LogP contribution < -0.4 is 11.1 Å². The van der Waals surface area contributed by atoms with Crippen LogP contribution in [0.4, 0.5) is 5.82 Å². The minimum atomic E-state index is -0.709. The minimum absolute atomic E-state index is 0.0488. The van der Waals surface area contributed by atoms with Crippen molar-refractivity contribution in [1.82, 2.24) is 25.4 Å². The molecule has 1 aromatic carbocycles. The Kier molecular flexibility index (Phi) is 7.41. The molecule has 10 heteroatoms. The molecule has 0 radical (unpaired) electrons. The number of hydrogen-bond acceptors (Lipinski definition) is 8. The number of halogens is 1. The van der Waals surface area contributed by atoms with Crippen LogP contribution in [0, 0.1) is 11.8 Å². The number of nitrogen functional groups attached to an aromatic ring is 1. The molecule has 0 bridgehead atoms. The maximum atomic E-state index is 12.2. The van der Waals surface area contributed by atoms with Crippen molar-refractivity contribution in [2.24, 2.45) is 0 Å². The van der Waals surface area contributed by atoms with Crippen LogP contribution >= 0.6 is 11.6 Å². The zero-order valence-corrected chi connectivity index (χ0v) is 18.0. The third-order valence-electron chi connectivity index (χ3n) is 4.66. The van der Waals surface area contributed by atoms with Crippen molar-refractivity contribution in [1.29, 1.82) is 0 Å². The number of nitrogens with one attached hydrogen (secondary N) is 1. The molecule has 31 heavy (non-hydrogen) atoms. The predicted octanol–water partition coefficient (Wildman–Crippen LogP) is 1.69. The van der Waals surface area contributed by atoms with Gasteiger partial charge in [-0.1, -0.05) is 42.5 Å². The van der Waals surface area contributed by atoms with E-state index in [2.05, 4.69) is 37.2 Å². The number of nitrogens with zero attached hydrogens (tertiary/aromatic N) is 4. The Morgan fingerprint density at radius 1 is 1.32 bits per heavy atom. The van der Waals surface area contributed by atoms with Gasteiger partial charge < -0.3 is 25.5 Å². The molecule has 1 unspecified atom stereocenters. The summed E-state index contributed by atoms with van der Waals surface area (Å²) >= 11 is 6.08. The smallest absolute Gasteiger partial charge is 0.308 e. The number of aromatic nitrogens is 3. The van der Waals surface area contributed by atoms with Crippen molar-refractivity contribution >= 4 is 34.1 Å². The fourth-order valence-corrected chi connectivity index (χ4v) is 3.11. The first-order chi connectivity index (χ1) is 14.9. The Morgan fingerprint density at radius 3 is 2.84 bits per heavy atom. The average molecular weight is 443 g/mol. The Bertz CT molecular complexity index is 1130. The van der Waals surface area contributed by atoms with E-state index in [1.54, 1.807) is 18.3 Å². The second-order valence-corrected chi connectivity index (χ2v) is 7.20. The van der Waals surface area contributed by atoms with Crippen LogP contribution in [0.5, 0.6) is 0 Å². The number of aliphatic hydroxyl groups excluding tert-OH is 1. The maximum absolute atomic E-state index is 12.2. The topological polar surface area (TPSA) is 130 Å². The lowest BCUT2D eigenvalue weighted by Gasteiger charge is -2.21. The van der Waals surface area contributed by atoms with Crippen molar-refractivity contribution in [3.8, 4) is 11.8 Å². The van der Waals surface area contributed by atoms with Crippen molar-refractivity contribution in [2.75, 3.05) is 31.9 Å². The molecule has 9 nitrogen and oxygen atoms in total. The largest absolute Gasteiger partial charge is 0.406 e. The van der Waals surface area contributed by atoms with Crippen LogP contribution in [0.15, 0.2) is 28.8 Å². The normalized spacial score (nSPS) is 11.9. The van der Waals surface area contributed by atoms with Gasteiger partial charge >= 0.3 is 11.8 Å². The number of rotatable bonds is 7. The fourth-order valence-electron chi connectivity index (χ4n) is 2.94. The molecule has 1 atom stereocenters. The number of aliphatic hydroxyl groups is 1. The maximum Gasteiger partial charge on any atom is 0.308 e. The highest BCUT2D eigenvalue weighted by Gasteiger charge is 2.16. The number of pyridine rings is 1. The van der Waals surface area contributed by atoms with Crippen LogP contribution in [-0.2, 0) is 0 Å². The van der Waals surface area contributed by atoms with Gasteiger partial charge in [-0.3, -0.25) is 4.79 Å². The first kappa shape index (κ1) is 22.5. The lowest BCUT2D eigenvalue weighted by molar-refractivity contribution is 0.0839. The molecule has 0 aliphatic heterocycles. The monoisotopic (exact) mass is 442 g/mol. The number of amides is 1. The number of benzene rings is 1. The summed E-state index contributed by atoms with van der Waals surface area (Å²) in [4.78, 5) is 18.4. The van der Waals surface area contributed by atoms with Gasteiger partial charge in [0.1, 0.15) is 5.82 Å². The van der Waals surface area contributed by atoms with Crippen LogP contribution in [0.25, 0.3) is 10.8 Å². The van der Waals surface area contributed by atoms with Gasteiger partial charge in [0.2, 0.25) is 0 Å². The molecule has 0 spiro atoms. The number of anilines is 1. The highest BCUT2D eigenvalue weighted by Crippen LogP contribution is 2.24. The standard InChI is InChI=1S/C21H23ClN6O3/c1-3-28(4-2)12-15(29)11-25-20(30)21-27-26-18(31-21)8-7-16-17-9-14(22)6-5-13(17)10-24-19(16)23/h5-6,9-10,15,29H,3-4,11-12H2,1-2H3,(H2,23,24)(H,25,30). The summed E-state index contributed by atoms with van der Waals surface area (Å²) in [6, 6.07) is 5.31. The molecule has 0 saturated heterocycles. The zero-order chi connectivity index (χ0) is 22.4. The van der Waals surface area contributed by atoms with E-state index in [-0.39, 0.29) is 24.1 Å². The number of carbonyl (C=O) groups excluding carboxylic acids is 1. The lowest BCUT2D eigenvalue weighted by atomic mass is 10.1. The van der Waals surface area contributed by atoms with E-state index in [4.69, 9.17) is 21.8 Å². The summed E-state index contributed by atoms with van der Waals surface area (Å²) in [5.41, 5.74) is 6.44. The van der Waals surface area contributed by atoms with E-state index in [0.717, 1.165) is 23.9 Å². The molecule has 3 rings (SSSR count). The van der Waals surface area contributed by atoms with E-state index in [1.807, 2.05) is 19.9 Å². The van der Waals surface area contributed by atoms with Gasteiger partial charge in [-0.05, 0) is 25.2 Å². The molecular weight excluding hydrogens is 420 g/mol. The molecule has 0 fully saturated rings. The molecule has 2 heterocycles. The van der Waals surface area contributed by atoms with E-state index < -0.39 is 12.0 Å². The van der Waals surface area contributed by atoms with Crippen LogP contribution in [0.3, 0.4) is 0 Å². The summed E-state index contributed by atoms with van der Waals surface area (Å²) < 4.78 is 5.31. The Labute approximate surface area is 184 Å². The number of nitrogens with two attached hydrogens (primary N) is 1. The van der Waals surface area contributed by atoms with Gasteiger partial charge in [-0.25, -0.2) is 4.98 Å². The molecule has 0 saturated carbocycles. The van der Waals surface area contributed by atoms with Crippen molar-refractivity contribution in [2.45, 2.75) is 20.0 Å². The fraction of sp³-hybridized carbons (Fsp3) is 0.333. The summed E-state index contributed by atoms with van der Waals surface area (Å²) in [6.07, 6.45) is 0.926. The molecule has 0 aliphatic rings. The molecule has 3 aromatic rings. The Balaban J connectivity index is 1.70. The Hall–Kier alpha value is -3.19. The molecule has 4 N–H and O–H groups in total. The molecule has 1 amide bonds. The lowest BCUT2D eigenvalue weighted by Crippen LogP contribution is -2.40. The van der Waals surface area contributed by atoms with Gasteiger partial charge in [-0.15, -0.1) is 5.10 Å². The third-order valence-corrected chi connectivity index (χ3v) is 4.89. The zero-order valence-electron chi connectivity index (χ0n) is 17.2. The predicted molar refractivity (Wildman–Crippen MR) is 118 cm³/mol. The first-order valence-corrected chi connectivity index (χ1v) is 10.2.